The Balaban J connectivity index is 2.30. The Bertz CT molecular complexity index is 359. The highest BCUT2D eigenvalue weighted by molar-refractivity contribution is 6.19. The van der Waals surface area contributed by atoms with Crippen molar-refractivity contribution in [2.45, 2.75) is 32.6 Å². The number of unbranched alkanes of at least 4 members (excludes halogenated alkanes) is 3. The molecule has 1 rings (SSSR count). The molecule has 0 radical (unpaired) electrons. The molecule has 0 saturated heterocycles. The Morgan fingerprint density at radius 3 is 2.53 bits per heavy atom. The fourth-order valence-electron chi connectivity index (χ4n) is 1.49. The van der Waals surface area contributed by atoms with Crippen molar-refractivity contribution in [1.29, 1.82) is 0 Å². The lowest BCUT2D eigenvalue weighted by molar-refractivity contribution is 0.305. The highest BCUT2D eigenvalue weighted by atomic mass is 35.5. The smallest absolute Gasteiger partial charge is 0.119 e. The number of halogens is 1. The molecule has 1 nitrogen and oxygen atoms in total. The molecule has 92 valence electrons. The van der Waals surface area contributed by atoms with Gasteiger partial charge < -0.3 is 4.74 Å². The first-order valence-corrected chi connectivity index (χ1v) is 6.68. The lowest BCUT2D eigenvalue weighted by Gasteiger charge is -2.05. The first-order valence-electron chi connectivity index (χ1n) is 6.14. The van der Waals surface area contributed by atoms with E-state index in [4.69, 9.17) is 16.3 Å². The first kappa shape index (κ1) is 13.9. The normalized spacial score (nSPS) is 9.53. The zero-order chi connectivity index (χ0) is 12.3. The van der Waals surface area contributed by atoms with Crippen molar-refractivity contribution in [2.24, 2.45) is 0 Å². The van der Waals surface area contributed by atoms with E-state index in [1.54, 1.807) is 0 Å². The lowest BCUT2D eigenvalue weighted by atomic mass is 10.2. The maximum absolute atomic E-state index is 5.64. The van der Waals surface area contributed by atoms with Gasteiger partial charge in [0.2, 0.25) is 0 Å². The fraction of sp³-hybridized carbons (Fsp3) is 0.467. The van der Waals surface area contributed by atoms with Crippen LogP contribution in [0.5, 0.6) is 5.75 Å². The first-order chi connectivity index (χ1) is 8.36. The molecule has 0 atom stereocenters. The Labute approximate surface area is 109 Å². The van der Waals surface area contributed by atoms with E-state index < -0.39 is 0 Å². The molecule has 0 bridgehead atoms. The summed E-state index contributed by atoms with van der Waals surface area (Å²) in [4.78, 5) is 0. The average Bonchev–Trinajstić information content (AvgIpc) is 2.37. The largest absolute Gasteiger partial charge is 0.494 e. The molecule has 0 aliphatic rings. The molecule has 0 fully saturated rings. The van der Waals surface area contributed by atoms with Crippen LogP contribution >= 0.6 is 11.6 Å². The average molecular weight is 251 g/mol. The molecule has 1 aromatic carbocycles. The molecule has 0 amide bonds. The van der Waals surface area contributed by atoms with Gasteiger partial charge in [0, 0.05) is 5.56 Å². The summed E-state index contributed by atoms with van der Waals surface area (Å²) in [6.07, 6.45) is 4.92. The van der Waals surface area contributed by atoms with Gasteiger partial charge in [-0.15, -0.1) is 11.6 Å². The summed E-state index contributed by atoms with van der Waals surface area (Å²) in [6.45, 7) is 3.01. The van der Waals surface area contributed by atoms with Gasteiger partial charge in [0.25, 0.3) is 0 Å². The highest BCUT2D eigenvalue weighted by Crippen LogP contribution is 2.12. The fourth-order valence-corrected chi connectivity index (χ4v) is 1.56. The van der Waals surface area contributed by atoms with Gasteiger partial charge in [0.05, 0.1) is 12.5 Å². The van der Waals surface area contributed by atoms with E-state index in [0.717, 1.165) is 24.3 Å². The summed E-state index contributed by atoms with van der Waals surface area (Å²) in [5.41, 5.74) is 0.976. The van der Waals surface area contributed by atoms with Crippen LogP contribution < -0.4 is 4.74 Å². The Kier molecular flexibility index (Phi) is 7.34. The molecule has 1 aromatic rings. The number of alkyl halides is 1. The number of hydrogen-bond donors (Lipinski definition) is 0. The third-order valence-electron chi connectivity index (χ3n) is 2.42. The van der Waals surface area contributed by atoms with Gasteiger partial charge >= 0.3 is 0 Å². The maximum atomic E-state index is 5.64. The van der Waals surface area contributed by atoms with Crippen molar-refractivity contribution in [3.8, 4) is 17.6 Å². The second-order valence-electron chi connectivity index (χ2n) is 3.87. The number of hydrogen-bond acceptors (Lipinski definition) is 1. The second-order valence-corrected chi connectivity index (χ2v) is 4.14. The minimum absolute atomic E-state index is 0.371. The van der Waals surface area contributed by atoms with Gasteiger partial charge in [0.15, 0.2) is 0 Å². The summed E-state index contributed by atoms with van der Waals surface area (Å²) in [5, 5.41) is 0. The Morgan fingerprint density at radius 1 is 1.12 bits per heavy atom. The number of benzene rings is 1. The molecular weight excluding hydrogens is 232 g/mol. The van der Waals surface area contributed by atoms with Crippen LogP contribution in [0.1, 0.15) is 38.2 Å². The molecule has 0 saturated carbocycles. The van der Waals surface area contributed by atoms with Crippen LogP contribution in [0.25, 0.3) is 0 Å². The molecule has 0 aromatic heterocycles. The Hall–Kier alpha value is -1.13. The monoisotopic (exact) mass is 250 g/mol. The molecule has 2 heteroatoms. The topological polar surface area (TPSA) is 9.23 Å². The highest BCUT2D eigenvalue weighted by Gasteiger charge is 1.94. The van der Waals surface area contributed by atoms with Crippen molar-refractivity contribution in [3.63, 3.8) is 0 Å². The van der Waals surface area contributed by atoms with E-state index in [-0.39, 0.29) is 0 Å². The van der Waals surface area contributed by atoms with Crippen LogP contribution in [-0.4, -0.2) is 12.5 Å². The SMILES string of the molecule is CCCCCCOc1ccc(C#CCCl)cc1. The minimum atomic E-state index is 0.371. The summed E-state index contributed by atoms with van der Waals surface area (Å²) >= 11 is 5.49. The molecule has 0 aliphatic heterocycles. The lowest BCUT2D eigenvalue weighted by Crippen LogP contribution is -1.96. The number of ether oxygens (including phenoxy) is 1. The van der Waals surface area contributed by atoms with Crippen molar-refractivity contribution in [1.82, 2.24) is 0 Å². The van der Waals surface area contributed by atoms with Crippen molar-refractivity contribution in [2.75, 3.05) is 12.5 Å². The standard InChI is InChI=1S/C15H19ClO/c1-2-3-4-5-13-17-15-10-8-14(9-11-15)7-6-12-16/h8-11H,2-5,12-13H2,1H3. The van der Waals surface area contributed by atoms with E-state index >= 15 is 0 Å². The molecule has 0 N–H and O–H groups in total. The van der Waals surface area contributed by atoms with Crippen molar-refractivity contribution in [3.05, 3.63) is 29.8 Å². The summed E-state index contributed by atoms with van der Waals surface area (Å²) in [5.74, 6) is 7.08. The predicted molar refractivity (Wildman–Crippen MR) is 73.7 cm³/mol. The zero-order valence-electron chi connectivity index (χ0n) is 10.3. The van der Waals surface area contributed by atoms with Gasteiger partial charge in [-0.2, -0.15) is 0 Å². The van der Waals surface area contributed by atoms with Crippen LogP contribution in [-0.2, 0) is 0 Å². The molecule has 17 heavy (non-hydrogen) atoms. The van der Waals surface area contributed by atoms with Crippen molar-refractivity contribution < 1.29 is 4.74 Å². The maximum Gasteiger partial charge on any atom is 0.119 e. The van der Waals surface area contributed by atoms with Crippen LogP contribution in [0.4, 0.5) is 0 Å². The van der Waals surface area contributed by atoms with E-state index in [2.05, 4.69) is 18.8 Å². The third-order valence-corrected chi connectivity index (χ3v) is 2.55. The van der Waals surface area contributed by atoms with Crippen LogP contribution in [0, 0.1) is 11.8 Å². The van der Waals surface area contributed by atoms with E-state index in [1.165, 1.54) is 19.3 Å². The molecule has 0 unspecified atom stereocenters. The van der Waals surface area contributed by atoms with E-state index in [0.29, 0.717) is 5.88 Å². The molecule has 0 heterocycles. The molecule has 0 spiro atoms. The van der Waals surface area contributed by atoms with Gasteiger partial charge in [-0.3, -0.25) is 0 Å². The Morgan fingerprint density at radius 2 is 1.88 bits per heavy atom. The van der Waals surface area contributed by atoms with Crippen LogP contribution in [0.3, 0.4) is 0 Å². The van der Waals surface area contributed by atoms with Gasteiger partial charge in [-0.25, -0.2) is 0 Å². The van der Waals surface area contributed by atoms with Crippen LogP contribution in [0.2, 0.25) is 0 Å². The van der Waals surface area contributed by atoms with Gasteiger partial charge in [-0.05, 0) is 30.7 Å². The number of rotatable bonds is 6. The zero-order valence-corrected chi connectivity index (χ0v) is 11.1. The van der Waals surface area contributed by atoms with Gasteiger partial charge in [0.1, 0.15) is 5.75 Å². The minimum Gasteiger partial charge on any atom is -0.494 e. The molecular formula is C15H19ClO. The van der Waals surface area contributed by atoms with Crippen molar-refractivity contribution >= 4 is 11.6 Å². The summed E-state index contributed by atoms with van der Waals surface area (Å²) in [7, 11) is 0. The summed E-state index contributed by atoms with van der Waals surface area (Å²) < 4.78 is 5.64. The van der Waals surface area contributed by atoms with E-state index in [1.807, 2.05) is 24.3 Å². The van der Waals surface area contributed by atoms with Gasteiger partial charge in [-0.1, -0.05) is 38.0 Å². The summed E-state index contributed by atoms with van der Waals surface area (Å²) in [6, 6.07) is 7.83. The quantitative estimate of drug-likeness (QED) is 0.417. The second kappa shape index (κ2) is 8.96. The third kappa shape index (κ3) is 6.24. The molecule has 0 aliphatic carbocycles. The van der Waals surface area contributed by atoms with E-state index in [9.17, 15) is 0 Å². The van der Waals surface area contributed by atoms with Crippen LogP contribution in [0.15, 0.2) is 24.3 Å². The predicted octanol–water partition coefficient (Wildman–Crippen LogP) is 4.24.